The van der Waals surface area contributed by atoms with E-state index in [1.54, 1.807) is 11.5 Å². The molecule has 6 heteroatoms. The molecule has 5 nitrogen and oxygen atoms in total. The van der Waals surface area contributed by atoms with Gasteiger partial charge in [-0.15, -0.1) is 0 Å². The van der Waals surface area contributed by atoms with Crippen molar-refractivity contribution in [3.63, 3.8) is 0 Å². The first kappa shape index (κ1) is 13.7. The number of carbonyl (C=O) groups is 1. The number of rotatable bonds is 3. The van der Waals surface area contributed by atoms with Crippen LogP contribution in [-0.4, -0.2) is 20.6 Å². The van der Waals surface area contributed by atoms with Gasteiger partial charge in [-0.25, -0.2) is 14.2 Å². The van der Waals surface area contributed by atoms with Gasteiger partial charge in [0.25, 0.3) is 0 Å². The van der Waals surface area contributed by atoms with E-state index in [1.165, 1.54) is 13.1 Å². The van der Waals surface area contributed by atoms with Crippen molar-refractivity contribution >= 4 is 17.0 Å². The van der Waals surface area contributed by atoms with Gasteiger partial charge in [0, 0.05) is 17.8 Å². The Labute approximate surface area is 120 Å². The van der Waals surface area contributed by atoms with Crippen LogP contribution in [0.25, 0.3) is 11.0 Å². The van der Waals surface area contributed by atoms with Gasteiger partial charge in [-0.3, -0.25) is 4.79 Å². The van der Waals surface area contributed by atoms with Gasteiger partial charge in [0.05, 0.1) is 11.1 Å². The molecule has 1 fully saturated rings. The highest BCUT2D eigenvalue weighted by molar-refractivity contribution is 5.92. The van der Waals surface area contributed by atoms with Crippen LogP contribution in [-0.2, 0) is 6.42 Å². The summed E-state index contributed by atoms with van der Waals surface area (Å²) in [5, 5.41) is 9.27. The molecule has 1 aliphatic rings. The van der Waals surface area contributed by atoms with Gasteiger partial charge >= 0.3 is 5.97 Å². The van der Waals surface area contributed by atoms with E-state index >= 15 is 0 Å². The van der Waals surface area contributed by atoms with Crippen LogP contribution in [0.5, 0.6) is 0 Å². The van der Waals surface area contributed by atoms with Crippen molar-refractivity contribution in [2.75, 3.05) is 0 Å². The summed E-state index contributed by atoms with van der Waals surface area (Å²) in [6.07, 6.45) is 3.59. The Kier molecular flexibility index (Phi) is 3.04. The number of aryl methyl sites for hydroxylation is 2. The van der Waals surface area contributed by atoms with E-state index in [0.29, 0.717) is 17.8 Å². The average molecular weight is 290 g/mol. The molecule has 0 atom stereocenters. The highest BCUT2D eigenvalue weighted by atomic mass is 19.1. The normalized spacial score (nSPS) is 14.6. The van der Waals surface area contributed by atoms with Crippen LogP contribution in [0.15, 0.2) is 11.0 Å². The zero-order valence-corrected chi connectivity index (χ0v) is 11.8. The predicted molar refractivity (Wildman–Crippen MR) is 75.3 cm³/mol. The Balaban J connectivity index is 2.50. The number of carboxylic acid groups (broad SMARTS) is 1. The van der Waals surface area contributed by atoms with Crippen LogP contribution in [0.1, 0.15) is 47.4 Å². The second-order valence-corrected chi connectivity index (χ2v) is 5.37. The number of carboxylic acids is 1. The zero-order chi connectivity index (χ0) is 15.3. The molecule has 3 rings (SSSR count). The molecule has 2 heterocycles. The summed E-state index contributed by atoms with van der Waals surface area (Å²) in [5.74, 6) is -1.82. The minimum Gasteiger partial charge on any atom is -0.477 e. The number of aromatic nitrogens is 2. The molecule has 2 aromatic heterocycles. The van der Waals surface area contributed by atoms with E-state index in [4.69, 9.17) is 0 Å². The van der Waals surface area contributed by atoms with Crippen molar-refractivity contribution in [1.82, 2.24) is 9.55 Å². The zero-order valence-electron chi connectivity index (χ0n) is 11.8. The molecule has 0 aromatic carbocycles. The Morgan fingerprint density at radius 2 is 2.19 bits per heavy atom. The molecule has 1 N–H and O–H groups in total. The second-order valence-electron chi connectivity index (χ2n) is 5.37. The van der Waals surface area contributed by atoms with Crippen molar-refractivity contribution in [2.24, 2.45) is 0 Å². The maximum Gasteiger partial charge on any atom is 0.341 e. The second kappa shape index (κ2) is 4.65. The van der Waals surface area contributed by atoms with Crippen molar-refractivity contribution < 1.29 is 14.3 Å². The first-order chi connectivity index (χ1) is 9.95. The van der Waals surface area contributed by atoms with Gasteiger partial charge in [-0.05, 0) is 26.2 Å². The fourth-order valence-electron chi connectivity index (χ4n) is 2.60. The third-order valence-electron chi connectivity index (χ3n) is 3.91. The van der Waals surface area contributed by atoms with Crippen LogP contribution in [0.3, 0.4) is 0 Å². The van der Waals surface area contributed by atoms with E-state index in [1.807, 2.05) is 0 Å². The molecule has 1 aliphatic carbocycles. The minimum absolute atomic E-state index is 0.0801. The standard InChI is InChI=1S/C15H15FN2O3/c1-3-10-12(16)7(2)11-13(19)9(15(20)21)6-18(8-4-5-8)14(11)17-10/h6,8H,3-5H2,1-2H3,(H,20,21). The summed E-state index contributed by atoms with van der Waals surface area (Å²) in [4.78, 5) is 27.9. The van der Waals surface area contributed by atoms with Crippen LogP contribution in [0.2, 0.25) is 0 Å². The Bertz CT molecular complexity index is 822. The molecule has 2 aromatic rings. The lowest BCUT2D eigenvalue weighted by molar-refractivity contribution is 0.0695. The number of nitrogens with zero attached hydrogens (tertiary/aromatic N) is 2. The molecule has 110 valence electrons. The van der Waals surface area contributed by atoms with Gasteiger partial charge in [0.1, 0.15) is 17.0 Å². The van der Waals surface area contributed by atoms with Gasteiger partial charge < -0.3 is 9.67 Å². The first-order valence-corrected chi connectivity index (χ1v) is 6.92. The summed E-state index contributed by atoms with van der Waals surface area (Å²) >= 11 is 0. The van der Waals surface area contributed by atoms with Crippen molar-refractivity contribution in [3.05, 3.63) is 39.1 Å². The van der Waals surface area contributed by atoms with Crippen molar-refractivity contribution in [2.45, 2.75) is 39.2 Å². The minimum atomic E-state index is -1.30. The molecular formula is C15H15FN2O3. The molecule has 21 heavy (non-hydrogen) atoms. The van der Waals surface area contributed by atoms with Crippen molar-refractivity contribution in [3.8, 4) is 0 Å². The molecule has 0 spiro atoms. The Morgan fingerprint density at radius 3 is 2.71 bits per heavy atom. The maximum absolute atomic E-state index is 14.2. The lowest BCUT2D eigenvalue weighted by Crippen LogP contribution is -2.21. The largest absolute Gasteiger partial charge is 0.477 e. The van der Waals surface area contributed by atoms with Crippen molar-refractivity contribution in [1.29, 1.82) is 0 Å². The maximum atomic E-state index is 14.2. The number of pyridine rings is 2. The van der Waals surface area contributed by atoms with E-state index < -0.39 is 17.2 Å². The smallest absolute Gasteiger partial charge is 0.341 e. The van der Waals surface area contributed by atoms with Crippen LogP contribution >= 0.6 is 0 Å². The quantitative estimate of drug-likeness (QED) is 0.942. The Morgan fingerprint density at radius 1 is 1.52 bits per heavy atom. The summed E-state index contributed by atoms with van der Waals surface area (Å²) in [6.45, 7) is 3.30. The van der Waals surface area contributed by atoms with E-state index in [2.05, 4.69) is 4.98 Å². The third-order valence-corrected chi connectivity index (χ3v) is 3.91. The summed E-state index contributed by atoms with van der Waals surface area (Å²) in [7, 11) is 0. The first-order valence-electron chi connectivity index (χ1n) is 6.92. The number of hydrogen-bond donors (Lipinski definition) is 1. The summed E-state index contributed by atoms with van der Waals surface area (Å²) < 4.78 is 15.9. The van der Waals surface area contributed by atoms with Gasteiger partial charge in [0.15, 0.2) is 0 Å². The van der Waals surface area contributed by atoms with E-state index in [0.717, 1.165) is 12.8 Å². The van der Waals surface area contributed by atoms with Gasteiger partial charge in [-0.1, -0.05) is 6.92 Å². The fraction of sp³-hybridized carbons (Fsp3) is 0.400. The van der Waals surface area contributed by atoms with E-state index in [9.17, 15) is 19.1 Å². The third kappa shape index (κ3) is 2.02. The van der Waals surface area contributed by atoms with Gasteiger partial charge in [-0.2, -0.15) is 0 Å². The Hall–Kier alpha value is -2.24. The SMILES string of the molecule is CCc1nc2c(c(C)c1F)c(=O)c(C(=O)O)cn2C1CC1. The summed E-state index contributed by atoms with van der Waals surface area (Å²) in [5.41, 5.74) is -0.122. The van der Waals surface area contributed by atoms with E-state index in [-0.39, 0.29) is 22.6 Å². The van der Waals surface area contributed by atoms with Crippen LogP contribution in [0.4, 0.5) is 4.39 Å². The molecule has 0 unspecified atom stereocenters. The summed E-state index contributed by atoms with van der Waals surface area (Å²) in [6, 6.07) is 0.147. The number of fused-ring (bicyclic) bond motifs is 1. The molecule has 0 amide bonds. The molecule has 1 saturated carbocycles. The fourth-order valence-corrected chi connectivity index (χ4v) is 2.60. The molecule has 0 saturated heterocycles. The lowest BCUT2D eigenvalue weighted by Gasteiger charge is -2.14. The molecule has 0 aliphatic heterocycles. The number of halogens is 1. The highest BCUT2D eigenvalue weighted by Crippen LogP contribution is 2.37. The predicted octanol–water partition coefficient (Wildman–Crippen LogP) is 2.44. The topological polar surface area (TPSA) is 72.2 Å². The monoisotopic (exact) mass is 290 g/mol. The number of hydrogen-bond acceptors (Lipinski definition) is 3. The molecular weight excluding hydrogens is 275 g/mol. The lowest BCUT2D eigenvalue weighted by atomic mass is 10.1. The van der Waals surface area contributed by atoms with Crippen LogP contribution < -0.4 is 5.43 Å². The molecule has 0 bridgehead atoms. The highest BCUT2D eigenvalue weighted by Gasteiger charge is 2.29. The molecule has 0 radical (unpaired) electrons. The van der Waals surface area contributed by atoms with Gasteiger partial charge in [0.2, 0.25) is 5.43 Å². The van der Waals surface area contributed by atoms with Crippen LogP contribution in [0, 0.1) is 12.7 Å². The average Bonchev–Trinajstić information content (AvgIpc) is 3.26. The number of aromatic carboxylic acids is 1.